The Morgan fingerprint density at radius 1 is 1.61 bits per heavy atom. The van der Waals surface area contributed by atoms with Crippen molar-refractivity contribution >= 4 is 17.2 Å². The average Bonchev–Trinajstić information content (AvgIpc) is 2.90. The van der Waals surface area contributed by atoms with Crippen LogP contribution in [-0.2, 0) is 9.53 Å². The van der Waals surface area contributed by atoms with Crippen molar-refractivity contribution in [1.82, 2.24) is 5.32 Å². The van der Waals surface area contributed by atoms with E-state index in [0.717, 1.165) is 4.88 Å². The minimum absolute atomic E-state index is 0.0302. The lowest BCUT2D eigenvalue weighted by Crippen LogP contribution is -2.47. The van der Waals surface area contributed by atoms with Gasteiger partial charge < -0.3 is 15.2 Å². The Bertz CT molecular complexity index is 385. The minimum atomic E-state index is -0.803. The molecule has 5 heteroatoms. The molecule has 1 aromatic rings. The molecule has 0 bridgehead atoms. The molecule has 2 N–H and O–H groups in total. The molecule has 0 spiro atoms. The van der Waals surface area contributed by atoms with Gasteiger partial charge in [0.25, 0.3) is 0 Å². The smallest absolute Gasteiger partial charge is 0.228 e. The van der Waals surface area contributed by atoms with E-state index in [-0.39, 0.29) is 11.8 Å². The van der Waals surface area contributed by atoms with E-state index < -0.39 is 5.60 Å². The van der Waals surface area contributed by atoms with Crippen molar-refractivity contribution < 1.29 is 14.6 Å². The number of hydrogen-bond acceptors (Lipinski definition) is 4. The first-order valence-corrected chi connectivity index (χ1v) is 7.10. The van der Waals surface area contributed by atoms with Crippen molar-refractivity contribution in [2.75, 3.05) is 19.8 Å². The number of aliphatic hydroxyl groups is 1. The maximum absolute atomic E-state index is 12.0. The van der Waals surface area contributed by atoms with E-state index in [1.54, 1.807) is 11.3 Å². The highest BCUT2D eigenvalue weighted by molar-refractivity contribution is 7.10. The van der Waals surface area contributed by atoms with Gasteiger partial charge in [-0.05, 0) is 18.4 Å². The van der Waals surface area contributed by atoms with Gasteiger partial charge in [0.05, 0.1) is 11.5 Å². The molecule has 2 heterocycles. The number of carbonyl (C=O) groups excluding carboxylic acids is 1. The van der Waals surface area contributed by atoms with Gasteiger partial charge in [0.2, 0.25) is 5.91 Å². The molecule has 0 aromatic carbocycles. The number of rotatable bonds is 4. The largest absolute Gasteiger partial charge is 0.388 e. The highest BCUT2D eigenvalue weighted by Gasteiger charge is 2.30. The molecular formula is C13H19NO3S. The zero-order valence-electron chi connectivity index (χ0n) is 10.5. The van der Waals surface area contributed by atoms with Crippen molar-refractivity contribution in [3.8, 4) is 0 Å². The van der Waals surface area contributed by atoms with Crippen molar-refractivity contribution in [3.63, 3.8) is 0 Å². The van der Waals surface area contributed by atoms with Gasteiger partial charge in [0, 0.05) is 37.5 Å². The lowest BCUT2D eigenvalue weighted by Gasteiger charge is -2.32. The third-order valence-corrected chi connectivity index (χ3v) is 4.43. The van der Waals surface area contributed by atoms with Crippen molar-refractivity contribution in [1.29, 1.82) is 0 Å². The van der Waals surface area contributed by atoms with E-state index in [9.17, 15) is 9.90 Å². The number of nitrogens with one attached hydrogen (secondary N) is 1. The number of ether oxygens (including phenoxy) is 1. The molecule has 0 aliphatic carbocycles. The first-order valence-electron chi connectivity index (χ1n) is 6.22. The van der Waals surface area contributed by atoms with E-state index in [1.807, 2.05) is 24.4 Å². The Morgan fingerprint density at radius 3 is 2.94 bits per heavy atom. The van der Waals surface area contributed by atoms with Gasteiger partial charge in [0.1, 0.15) is 0 Å². The fraction of sp³-hybridized carbons (Fsp3) is 0.615. The summed E-state index contributed by atoms with van der Waals surface area (Å²) in [7, 11) is 0. The molecule has 1 atom stereocenters. The van der Waals surface area contributed by atoms with Crippen LogP contribution in [-0.4, -0.2) is 36.4 Å². The van der Waals surface area contributed by atoms with E-state index in [4.69, 9.17) is 4.74 Å². The summed E-state index contributed by atoms with van der Waals surface area (Å²) in [6.45, 7) is 3.32. The summed E-state index contributed by atoms with van der Waals surface area (Å²) in [5.74, 6) is -0.189. The van der Waals surface area contributed by atoms with Gasteiger partial charge in [-0.25, -0.2) is 0 Å². The first-order chi connectivity index (χ1) is 8.61. The lowest BCUT2D eigenvalue weighted by atomic mass is 9.94. The zero-order valence-corrected chi connectivity index (χ0v) is 11.3. The van der Waals surface area contributed by atoms with Gasteiger partial charge in [-0.2, -0.15) is 0 Å². The predicted molar refractivity (Wildman–Crippen MR) is 70.7 cm³/mol. The summed E-state index contributed by atoms with van der Waals surface area (Å²) in [6, 6.07) is 3.90. The summed E-state index contributed by atoms with van der Waals surface area (Å²) in [5, 5.41) is 15.0. The van der Waals surface area contributed by atoms with Crippen LogP contribution >= 0.6 is 11.3 Å². The van der Waals surface area contributed by atoms with Crippen LogP contribution in [0.25, 0.3) is 0 Å². The Kier molecular flexibility index (Phi) is 4.37. The summed E-state index contributed by atoms with van der Waals surface area (Å²) in [5.41, 5.74) is -0.803. The number of thiophene rings is 1. The lowest BCUT2D eigenvalue weighted by molar-refractivity contribution is -0.125. The third kappa shape index (κ3) is 3.31. The van der Waals surface area contributed by atoms with Gasteiger partial charge in [-0.3, -0.25) is 4.79 Å². The van der Waals surface area contributed by atoms with Crippen LogP contribution in [0.5, 0.6) is 0 Å². The maximum atomic E-state index is 12.0. The van der Waals surface area contributed by atoms with Crippen LogP contribution in [0.4, 0.5) is 0 Å². The van der Waals surface area contributed by atoms with Crippen molar-refractivity contribution in [3.05, 3.63) is 22.4 Å². The summed E-state index contributed by atoms with van der Waals surface area (Å²) in [6.07, 6.45) is 1.17. The van der Waals surface area contributed by atoms with Gasteiger partial charge in [0.15, 0.2) is 0 Å². The van der Waals surface area contributed by atoms with Crippen LogP contribution in [0.1, 0.15) is 30.6 Å². The molecule has 1 aliphatic heterocycles. The molecule has 0 radical (unpaired) electrons. The SMILES string of the molecule is CC(C(=O)NCC1(O)CCOCC1)c1cccs1. The molecule has 1 aliphatic rings. The highest BCUT2D eigenvalue weighted by Crippen LogP contribution is 2.22. The Hall–Kier alpha value is -0.910. The predicted octanol–water partition coefficient (Wildman–Crippen LogP) is 1.51. The summed E-state index contributed by atoms with van der Waals surface area (Å²) < 4.78 is 5.21. The normalized spacial score (nSPS) is 20.3. The first kappa shape index (κ1) is 13.5. The molecule has 1 amide bonds. The van der Waals surface area contributed by atoms with Gasteiger partial charge >= 0.3 is 0 Å². The Balaban J connectivity index is 1.84. The Labute approximate surface area is 111 Å². The van der Waals surface area contributed by atoms with Crippen LogP contribution < -0.4 is 5.32 Å². The second kappa shape index (κ2) is 5.82. The standard InChI is InChI=1S/C13H19NO3S/c1-10(11-3-2-8-18-11)12(15)14-9-13(16)4-6-17-7-5-13/h2-3,8,10,16H,4-7,9H2,1H3,(H,14,15). The fourth-order valence-electron chi connectivity index (χ4n) is 2.00. The van der Waals surface area contributed by atoms with E-state index >= 15 is 0 Å². The highest BCUT2D eigenvalue weighted by atomic mass is 32.1. The molecule has 1 fully saturated rings. The minimum Gasteiger partial charge on any atom is -0.388 e. The van der Waals surface area contributed by atoms with Crippen molar-refractivity contribution in [2.24, 2.45) is 0 Å². The summed E-state index contributed by atoms with van der Waals surface area (Å²) >= 11 is 1.58. The Morgan fingerprint density at radius 2 is 2.33 bits per heavy atom. The van der Waals surface area contributed by atoms with Crippen LogP contribution in [0, 0.1) is 0 Å². The quantitative estimate of drug-likeness (QED) is 0.871. The molecule has 18 heavy (non-hydrogen) atoms. The van der Waals surface area contributed by atoms with Crippen molar-refractivity contribution in [2.45, 2.75) is 31.3 Å². The second-order valence-corrected chi connectivity index (χ2v) is 5.77. The number of hydrogen-bond donors (Lipinski definition) is 2. The monoisotopic (exact) mass is 269 g/mol. The average molecular weight is 269 g/mol. The number of carbonyl (C=O) groups is 1. The maximum Gasteiger partial charge on any atom is 0.228 e. The second-order valence-electron chi connectivity index (χ2n) is 4.79. The number of amides is 1. The third-order valence-electron chi connectivity index (χ3n) is 3.38. The molecule has 1 aromatic heterocycles. The molecule has 4 nitrogen and oxygen atoms in total. The van der Waals surface area contributed by atoms with E-state index in [1.165, 1.54) is 0 Å². The summed E-state index contributed by atoms with van der Waals surface area (Å²) in [4.78, 5) is 13.0. The van der Waals surface area contributed by atoms with Gasteiger partial charge in [-0.1, -0.05) is 6.07 Å². The molecule has 1 saturated heterocycles. The molecule has 0 saturated carbocycles. The van der Waals surface area contributed by atoms with E-state index in [0.29, 0.717) is 32.6 Å². The fourth-order valence-corrected chi connectivity index (χ4v) is 2.78. The molecule has 2 rings (SSSR count). The molecule has 100 valence electrons. The zero-order chi connectivity index (χ0) is 13.0. The van der Waals surface area contributed by atoms with Crippen LogP contribution in [0.2, 0.25) is 0 Å². The van der Waals surface area contributed by atoms with Crippen LogP contribution in [0.3, 0.4) is 0 Å². The molecule has 1 unspecified atom stereocenters. The topological polar surface area (TPSA) is 58.6 Å². The van der Waals surface area contributed by atoms with Gasteiger partial charge in [-0.15, -0.1) is 11.3 Å². The molecular weight excluding hydrogens is 250 g/mol. The van der Waals surface area contributed by atoms with E-state index in [2.05, 4.69) is 5.32 Å². The van der Waals surface area contributed by atoms with Crippen LogP contribution in [0.15, 0.2) is 17.5 Å².